The number of hydrogen-bond donors (Lipinski definition) is 0. The molecule has 0 bridgehead atoms. The van der Waals surface area contributed by atoms with Gasteiger partial charge in [0.05, 0.1) is 0 Å². The summed E-state index contributed by atoms with van der Waals surface area (Å²) in [4.78, 5) is 11.5. The predicted molar refractivity (Wildman–Crippen MR) is 55.4 cm³/mol. The van der Waals surface area contributed by atoms with Crippen molar-refractivity contribution >= 4 is 5.78 Å². The number of rotatable bonds is 0. The average Bonchev–Trinajstić information content (AvgIpc) is 2.18. The van der Waals surface area contributed by atoms with E-state index in [2.05, 4.69) is 18.2 Å². The molecule has 1 nitrogen and oxygen atoms in total. The fourth-order valence-electron chi connectivity index (χ4n) is 3.01. The Hall–Kier alpha value is -1.11. The SMILES string of the molecule is O=C1Cc2cccc3c2C(CCC3)C1. The van der Waals surface area contributed by atoms with E-state index in [0.717, 1.165) is 6.42 Å². The Balaban J connectivity index is 2.18. The van der Waals surface area contributed by atoms with Gasteiger partial charge in [-0.05, 0) is 41.9 Å². The van der Waals surface area contributed by atoms with Crippen LogP contribution in [0.2, 0.25) is 0 Å². The van der Waals surface area contributed by atoms with Crippen LogP contribution in [0, 0.1) is 0 Å². The molecule has 2 aliphatic rings. The van der Waals surface area contributed by atoms with Crippen molar-refractivity contribution in [1.82, 2.24) is 0 Å². The average molecular weight is 186 g/mol. The van der Waals surface area contributed by atoms with Crippen molar-refractivity contribution in [3.63, 3.8) is 0 Å². The van der Waals surface area contributed by atoms with Crippen LogP contribution in [0.5, 0.6) is 0 Å². The molecule has 1 atom stereocenters. The summed E-state index contributed by atoms with van der Waals surface area (Å²) in [5.41, 5.74) is 4.34. The van der Waals surface area contributed by atoms with Crippen LogP contribution in [0.25, 0.3) is 0 Å². The first-order chi connectivity index (χ1) is 6.84. The molecule has 0 saturated heterocycles. The maximum atomic E-state index is 11.5. The van der Waals surface area contributed by atoms with Gasteiger partial charge in [0.25, 0.3) is 0 Å². The maximum Gasteiger partial charge on any atom is 0.137 e. The monoisotopic (exact) mass is 186 g/mol. The Bertz CT molecular complexity index is 392. The number of ketones is 1. The van der Waals surface area contributed by atoms with Gasteiger partial charge >= 0.3 is 0 Å². The maximum absolute atomic E-state index is 11.5. The third-order valence-electron chi connectivity index (χ3n) is 3.56. The van der Waals surface area contributed by atoms with Crippen molar-refractivity contribution in [2.75, 3.05) is 0 Å². The number of carbonyl (C=O) groups excluding carboxylic acids is 1. The lowest BCUT2D eigenvalue weighted by Crippen LogP contribution is -2.22. The Morgan fingerprint density at radius 1 is 1.21 bits per heavy atom. The number of benzene rings is 1. The highest BCUT2D eigenvalue weighted by Gasteiger charge is 2.29. The van der Waals surface area contributed by atoms with Crippen LogP contribution in [0.4, 0.5) is 0 Å². The molecule has 0 N–H and O–H groups in total. The summed E-state index contributed by atoms with van der Waals surface area (Å²) >= 11 is 0. The quantitative estimate of drug-likeness (QED) is 0.608. The fraction of sp³-hybridized carbons (Fsp3) is 0.462. The third kappa shape index (κ3) is 1.12. The van der Waals surface area contributed by atoms with Crippen molar-refractivity contribution in [3.8, 4) is 0 Å². The number of aryl methyl sites for hydroxylation is 1. The van der Waals surface area contributed by atoms with E-state index in [1.807, 2.05) is 0 Å². The molecule has 0 saturated carbocycles. The standard InChI is InChI=1S/C13H14O/c14-12-7-10-5-1-3-9-4-2-6-11(8-12)13(9)10/h1,3,5,11H,2,4,6-8H2. The lowest BCUT2D eigenvalue weighted by Gasteiger charge is -2.31. The molecule has 0 amide bonds. The molecule has 1 aromatic carbocycles. The molecule has 1 heteroatoms. The smallest absolute Gasteiger partial charge is 0.137 e. The Morgan fingerprint density at radius 2 is 2.07 bits per heavy atom. The highest BCUT2D eigenvalue weighted by atomic mass is 16.1. The lowest BCUT2D eigenvalue weighted by atomic mass is 9.73. The van der Waals surface area contributed by atoms with Gasteiger partial charge in [-0.25, -0.2) is 0 Å². The van der Waals surface area contributed by atoms with Crippen LogP contribution >= 0.6 is 0 Å². The van der Waals surface area contributed by atoms with Crippen molar-refractivity contribution in [1.29, 1.82) is 0 Å². The minimum atomic E-state index is 0.432. The van der Waals surface area contributed by atoms with Crippen molar-refractivity contribution < 1.29 is 4.79 Å². The Morgan fingerprint density at radius 3 is 3.00 bits per heavy atom. The topological polar surface area (TPSA) is 17.1 Å². The van der Waals surface area contributed by atoms with Gasteiger partial charge in [-0.2, -0.15) is 0 Å². The van der Waals surface area contributed by atoms with E-state index in [1.165, 1.54) is 36.0 Å². The summed E-state index contributed by atoms with van der Waals surface area (Å²) < 4.78 is 0. The number of Topliss-reactive ketones (excluding diaryl/α,β-unsaturated/α-hetero) is 1. The molecular formula is C13H14O. The first-order valence-corrected chi connectivity index (χ1v) is 5.47. The number of hydrogen-bond acceptors (Lipinski definition) is 1. The van der Waals surface area contributed by atoms with Crippen molar-refractivity contribution in [3.05, 3.63) is 34.9 Å². The molecule has 1 aromatic rings. The minimum Gasteiger partial charge on any atom is -0.299 e. The van der Waals surface area contributed by atoms with Crippen LogP contribution in [-0.4, -0.2) is 5.78 Å². The van der Waals surface area contributed by atoms with Gasteiger partial charge in [0.2, 0.25) is 0 Å². The van der Waals surface area contributed by atoms with Crippen LogP contribution in [0.3, 0.4) is 0 Å². The zero-order valence-electron chi connectivity index (χ0n) is 8.25. The molecule has 0 heterocycles. The molecule has 0 aliphatic heterocycles. The third-order valence-corrected chi connectivity index (χ3v) is 3.56. The molecule has 3 rings (SSSR count). The van der Waals surface area contributed by atoms with Gasteiger partial charge in [-0.1, -0.05) is 18.2 Å². The van der Waals surface area contributed by atoms with E-state index in [1.54, 1.807) is 0 Å². The van der Waals surface area contributed by atoms with Crippen LogP contribution in [0.1, 0.15) is 41.9 Å². The van der Waals surface area contributed by atoms with E-state index in [-0.39, 0.29) is 0 Å². The van der Waals surface area contributed by atoms with E-state index >= 15 is 0 Å². The molecule has 0 aromatic heterocycles. The molecule has 0 radical (unpaired) electrons. The summed E-state index contributed by atoms with van der Waals surface area (Å²) in [7, 11) is 0. The lowest BCUT2D eigenvalue weighted by molar-refractivity contribution is -0.119. The predicted octanol–water partition coefficient (Wildman–Crippen LogP) is 2.62. The molecule has 72 valence electrons. The highest BCUT2D eigenvalue weighted by Crippen LogP contribution is 2.39. The molecular weight excluding hydrogens is 172 g/mol. The second-order valence-electron chi connectivity index (χ2n) is 4.50. The van der Waals surface area contributed by atoms with Gasteiger partial charge in [0.1, 0.15) is 5.78 Å². The summed E-state index contributed by atoms with van der Waals surface area (Å²) in [5.74, 6) is 0.984. The second kappa shape index (κ2) is 2.94. The number of carbonyl (C=O) groups is 1. The van der Waals surface area contributed by atoms with Crippen LogP contribution < -0.4 is 0 Å². The van der Waals surface area contributed by atoms with E-state index in [4.69, 9.17) is 0 Å². The van der Waals surface area contributed by atoms with Crippen LogP contribution in [-0.2, 0) is 17.6 Å². The summed E-state index contributed by atoms with van der Waals surface area (Å²) in [6, 6.07) is 6.48. The minimum absolute atomic E-state index is 0.432. The van der Waals surface area contributed by atoms with Crippen molar-refractivity contribution in [2.45, 2.75) is 38.0 Å². The van der Waals surface area contributed by atoms with Gasteiger partial charge in [0.15, 0.2) is 0 Å². The first-order valence-electron chi connectivity index (χ1n) is 5.47. The summed E-state index contributed by atoms with van der Waals surface area (Å²) in [6.45, 7) is 0. The molecule has 2 aliphatic carbocycles. The zero-order valence-corrected chi connectivity index (χ0v) is 8.25. The summed E-state index contributed by atoms with van der Waals surface area (Å²) in [6.07, 6.45) is 5.17. The summed E-state index contributed by atoms with van der Waals surface area (Å²) in [5, 5.41) is 0. The Labute approximate surface area is 84.1 Å². The second-order valence-corrected chi connectivity index (χ2v) is 4.50. The highest BCUT2D eigenvalue weighted by molar-refractivity contribution is 5.84. The van der Waals surface area contributed by atoms with E-state index in [9.17, 15) is 4.79 Å². The van der Waals surface area contributed by atoms with Crippen LogP contribution in [0.15, 0.2) is 18.2 Å². The largest absolute Gasteiger partial charge is 0.299 e. The van der Waals surface area contributed by atoms with Crippen molar-refractivity contribution in [2.24, 2.45) is 0 Å². The molecule has 1 unspecified atom stereocenters. The molecule has 14 heavy (non-hydrogen) atoms. The fourth-order valence-corrected chi connectivity index (χ4v) is 3.01. The normalized spacial score (nSPS) is 24.6. The molecule has 0 fully saturated rings. The first kappa shape index (κ1) is 8.22. The zero-order chi connectivity index (χ0) is 9.54. The van der Waals surface area contributed by atoms with E-state index < -0.39 is 0 Å². The van der Waals surface area contributed by atoms with Gasteiger partial charge in [-0.3, -0.25) is 4.79 Å². The molecule has 0 spiro atoms. The van der Waals surface area contributed by atoms with Gasteiger partial charge in [-0.15, -0.1) is 0 Å². The van der Waals surface area contributed by atoms with Gasteiger partial charge in [0, 0.05) is 12.8 Å². The van der Waals surface area contributed by atoms with Gasteiger partial charge < -0.3 is 0 Å². The Kier molecular flexibility index (Phi) is 1.73. The van der Waals surface area contributed by atoms with E-state index in [0.29, 0.717) is 18.1 Å².